The average Bonchev–Trinajstić information content (AvgIpc) is 2.83. The molecule has 2 amide bonds. The van der Waals surface area contributed by atoms with Crippen molar-refractivity contribution in [1.82, 2.24) is 4.90 Å². The van der Waals surface area contributed by atoms with Crippen LogP contribution < -0.4 is 5.32 Å². The number of carbonyl (C=O) groups excluding carboxylic acids is 2. The number of benzene rings is 2. The number of hydrogen-bond acceptors (Lipinski definition) is 4. The highest BCUT2D eigenvalue weighted by Crippen LogP contribution is 2.33. The van der Waals surface area contributed by atoms with Crippen LogP contribution in [0.25, 0.3) is 6.08 Å². The van der Waals surface area contributed by atoms with Crippen molar-refractivity contribution in [1.29, 1.82) is 0 Å². The van der Waals surface area contributed by atoms with Gasteiger partial charge < -0.3 is 5.32 Å². The molecule has 0 radical (unpaired) electrons. The van der Waals surface area contributed by atoms with E-state index in [-0.39, 0.29) is 17.8 Å². The Hall–Kier alpha value is -1.76. The molecule has 7 heteroatoms. The summed E-state index contributed by atoms with van der Waals surface area (Å²) in [4.78, 5) is 26.1. The summed E-state index contributed by atoms with van der Waals surface area (Å²) in [5.41, 5.74) is 1.52. The van der Waals surface area contributed by atoms with Crippen LogP contribution in [0.15, 0.2) is 57.9 Å². The molecule has 1 saturated heterocycles. The van der Waals surface area contributed by atoms with Gasteiger partial charge in [0.1, 0.15) is 0 Å². The number of hydrogen-bond donors (Lipinski definition) is 1. The Kier molecular flexibility index (Phi) is 5.28. The quantitative estimate of drug-likeness (QED) is 0.686. The van der Waals surface area contributed by atoms with Gasteiger partial charge in [-0.05, 0) is 57.5 Å². The van der Waals surface area contributed by atoms with Crippen molar-refractivity contribution < 1.29 is 9.59 Å². The Balaban J connectivity index is 1.75. The highest BCUT2D eigenvalue weighted by molar-refractivity contribution is 9.10. The van der Waals surface area contributed by atoms with E-state index in [4.69, 9.17) is 11.6 Å². The van der Waals surface area contributed by atoms with Crippen molar-refractivity contribution in [2.45, 2.75) is 0 Å². The molecule has 2 aromatic rings. The van der Waals surface area contributed by atoms with Crippen LogP contribution in [0.1, 0.15) is 5.56 Å². The number of rotatable bonds is 4. The Morgan fingerprint density at radius 1 is 1.12 bits per heavy atom. The number of imide groups is 1. The van der Waals surface area contributed by atoms with Gasteiger partial charge in [-0.15, -0.1) is 0 Å². The highest BCUT2D eigenvalue weighted by atomic mass is 79.9. The second-order valence-electron chi connectivity index (χ2n) is 4.95. The van der Waals surface area contributed by atoms with Gasteiger partial charge in [0.25, 0.3) is 11.1 Å². The minimum Gasteiger partial charge on any atom is -0.366 e. The van der Waals surface area contributed by atoms with Crippen molar-refractivity contribution in [3.8, 4) is 0 Å². The number of anilines is 1. The molecule has 0 spiro atoms. The van der Waals surface area contributed by atoms with E-state index in [1.54, 1.807) is 18.2 Å². The minimum atomic E-state index is -0.329. The molecule has 0 unspecified atom stereocenters. The third-order valence-corrected chi connectivity index (χ3v) is 5.31. The Bertz CT molecular complexity index is 841. The van der Waals surface area contributed by atoms with E-state index < -0.39 is 0 Å². The van der Waals surface area contributed by atoms with Crippen LogP contribution in [-0.2, 0) is 4.79 Å². The van der Waals surface area contributed by atoms with Crippen molar-refractivity contribution in [2.75, 3.05) is 12.0 Å². The van der Waals surface area contributed by atoms with Gasteiger partial charge in [0, 0.05) is 15.2 Å². The summed E-state index contributed by atoms with van der Waals surface area (Å²) in [5.74, 6) is -0.329. The number of thioether (sulfide) groups is 1. The van der Waals surface area contributed by atoms with Gasteiger partial charge in [0.15, 0.2) is 0 Å². The number of carbonyl (C=O) groups is 2. The van der Waals surface area contributed by atoms with Gasteiger partial charge in [-0.1, -0.05) is 41.9 Å². The average molecular weight is 424 g/mol. The number of nitrogens with one attached hydrogen (secondary N) is 1. The molecule has 0 atom stereocenters. The predicted molar refractivity (Wildman–Crippen MR) is 102 cm³/mol. The van der Waals surface area contributed by atoms with E-state index in [1.807, 2.05) is 36.4 Å². The maximum atomic E-state index is 12.5. The van der Waals surface area contributed by atoms with Gasteiger partial charge in [0.05, 0.1) is 11.6 Å². The zero-order valence-electron chi connectivity index (χ0n) is 12.3. The van der Waals surface area contributed by atoms with Gasteiger partial charge in [-0.2, -0.15) is 0 Å². The van der Waals surface area contributed by atoms with Crippen LogP contribution in [0.2, 0.25) is 5.02 Å². The molecule has 0 aliphatic carbocycles. The monoisotopic (exact) mass is 422 g/mol. The number of nitrogens with zero attached hydrogens (tertiary/aromatic N) is 1. The zero-order chi connectivity index (χ0) is 17.1. The first-order valence-electron chi connectivity index (χ1n) is 7.04. The summed E-state index contributed by atoms with van der Waals surface area (Å²) in [7, 11) is 0. The smallest absolute Gasteiger partial charge is 0.295 e. The molecular formula is C17H12BrClN2O2S. The lowest BCUT2D eigenvalue weighted by Crippen LogP contribution is -2.33. The van der Waals surface area contributed by atoms with Crippen LogP contribution in [0.5, 0.6) is 0 Å². The Morgan fingerprint density at radius 3 is 2.58 bits per heavy atom. The summed E-state index contributed by atoms with van der Waals surface area (Å²) in [5, 5.41) is 3.31. The molecule has 3 rings (SSSR count). The molecule has 122 valence electrons. The molecule has 1 fully saturated rings. The first-order chi connectivity index (χ1) is 11.6. The summed E-state index contributed by atoms with van der Waals surface area (Å²) in [6.07, 6.45) is 1.64. The van der Waals surface area contributed by atoms with Crippen LogP contribution in [0, 0.1) is 0 Å². The van der Waals surface area contributed by atoms with E-state index in [0.29, 0.717) is 15.5 Å². The van der Waals surface area contributed by atoms with Crippen molar-refractivity contribution >= 4 is 62.2 Å². The second-order valence-corrected chi connectivity index (χ2v) is 7.20. The van der Waals surface area contributed by atoms with E-state index in [9.17, 15) is 9.59 Å². The normalized spacial score (nSPS) is 16.1. The molecule has 1 N–H and O–H groups in total. The molecule has 0 aromatic heterocycles. The summed E-state index contributed by atoms with van der Waals surface area (Å²) in [6.45, 7) is 0.104. The van der Waals surface area contributed by atoms with Gasteiger partial charge in [-0.25, -0.2) is 0 Å². The minimum absolute atomic E-state index is 0.104. The maximum absolute atomic E-state index is 12.5. The van der Waals surface area contributed by atoms with Crippen molar-refractivity contribution in [2.24, 2.45) is 0 Å². The molecule has 1 aliphatic heterocycles. The van der Waals surface area contributed by atoms with Crippen LogP contribution in [0.4, 0.5) is 10.5 Å². The molecule has 4 nitrogen and oxygen atoms in total. The molecule has 2 aromatic carbocycles. The van der Waals surface area contributed by atoms with Crippen LogP contribution in [0.3, 0.4) is 0 Å². The van der Waals surface area contributed by atoms with Gasteiger partial charge in [-0.3, -0.25) is 14.5 Å². The fourth-order valence-electron chi connectivity index (χ4n) is 2.14. The topological polar surface area (TPSA) is 49.4 Å². The third kappa shape index (κ3) is 3.66. The lowest BCUT2D eigenvalue weighted by Gasteiger charge is -2.15. The fourth-order valence-corrected chi connectivity index (χ4v) is 3.58. The molecule has 1 heterocycles. The second kappa shape index (κ2) is 7.42. The standard InChI is InChI=1S/C17H12BrClN2O2S/c18-12-6-2-4-8-14(12)20-10-21-16(22)15(24-17(21)23)9-11-5-1-3-7-13(11)19/h1-9,20H,10H2/b15-9-. The predicted octanol–water partition coefficient (Wildman–Crippen LogP) is 5.21. The summed E-state index contributed by atoms with van der Waals surface area (Å²) >= 11 is 10.4. The molecule has 1 aliphatic rings. The fraction of sp³-hybridized carbons (Fsp3) is 0.0588. The van der Waals surface area contributed by atoms with Gasteiger partial charge >= 0.3 is 0 Å². The van der Waals surface area contributed by atoms with Crippen molar-refractivity contribution in [3.63, 3.8) is 0 Å². The van der Waals surface area contributed by atoms with Crippen molar-refractivity contribution in [3.05, 3.63) is 68.5 Å². The third-order valence-electron chi connectivity index (χ3n) is 3.37. The zero-order valence-corrected chi connectivity index (χ0v) is 15.5. The lowest BCUT2D eigenvalue weighted by atomic mass is 10.2. The van der Waals surface area contributed by atoms with Crippen LogP contribution in [-0.4, -0.2) is 22.7 Å². The molecule has 24 heavy (non-hydrogen) atoms. The van der Waals surface area contributed by atoms with Crippen LogP contribution >= 0.6 is 39.3 Å². The summed E-state index contributed by atoms with van der Waals surface area (Å²) < 4.78 is 0.864. The summed E-state index contributed by atoms with van der Waals surface area (Å²) in [6, 6.07) is 14.7. The van der Waals surface area contributed by atoms with E-state index in [1.165, 1.54) is 4.90 Å². The number of amides is 2. The molecule has 0 saturated carbocycles. The van der Waals surface area contributed by atoms with Gasteiger partial charge in [0.2, 0.25) is 0 Å². The van der Waals surface area contributed by atoms with E-state index >= 15 is 0 Å². The number of para-hydroxylation sites is 1. The molecular weight excluding hydrogens is 412 g/mol. The SMILES string of the molecule is O=C1S/C(=C\c2ccccc2Cl)C(=O)N1CNc1ccccc1Br. The highest BCUT2D eigenvalue weighted by Gasteiger charge is 2.34. The van der Waals surface area contributed by atoms with E-state index in [2.05, 4.69) is 21.2 Å². The Labute approximate surface area is 157 Å². The van der Waals surface area contributed by atoms with E-state index in [0.717, 1.165) is 21.9 Å². The lowest BCUT2D eigenvalue weighted by molar-refractivity contribution is -0.122. The Morgan fingerprint density at radius 2 is 1.83 bits per heavy atom. The molecule has 0 bridgehead atoms. The first kappa shape index (κ1) is 17.1. The largest absolute Gasteiger partial charge is 0.366 e. The first-order valence-corrected chi connectivity index (χ1v) is 9.03. The number of halogens is 2. The maximum Gasteiger partial charge on any atom is 0.295 e.